The number of benzene rings is 3. The van der Waals surface area contributed by atoms with E-state index in [4.69, 9.17) is 5.11 Å². The molecule has 1 fully saturated rings. The third-order valence-electron chi connectivity index (χ3n) is 7.35. The molecule has 4 rings (SSSR count). The highest BCUT2D eigenvalue weighted by Gasteiger charge is 2.43. The van der Waals surface area contributed by atoms with Crippen molar-refractivity contribution in [1.82, 2.24) is 4.90 Å². The van der Waals surface area contributed by atoms with Crippen LogP contribution < -0.4 is 0 Å². The van der Waals surface area contributed by atoms with Crippen molar-refractivity contribution in [2.75, 3.05) is 6.54 Å². The zero-order chi connectivity index (χ0) is 25.7. The topological polar surface area (TPSA) is 94.9 Å². The Morgan fingerprint density at radius 2 is 1.50 bits per heavy atom. The summed E-state index contributed by atoms with van der Waals surface area (Å²) in [4.78, 5) is 38.1. The summed E-state index contributed by atoms with van der Waals surface area (Å²) in [5, 5.41) is 21.2. The molecule has 6 heteroatoms. The molecule has 1 saturated carbocycles. The summed E-state index contributed by atoms with van der Waals surface area (Å²) in [6.45, 7) is 2.70. The van der Waals surface area contributed by atoms with E-state index in [2.05, 4.69) is 12.1 Å². The molecule has 0 spiro atoms. The van der Waals surface area contributed by atoms with Crippen LogP contribution in [0.1, 0.15) is 67.8 Å². The van der Waals surface area contributed by atoms with Gasteiger partial charge in [-0.2, -0.15) is 0 Å². The quantitative estimate of drug-likeness (QED) is 0.347. The van der Waals surface area contributed by atoms with Crippen molar-refractivity contribution < 1.29 is 24.6 Å². The lowest BCUT2D eigenvalue weighted by atomic mass is 9.85. The molecule has 3 aromatic carbocycles. The van der Waals surface area contributed by atoms with Gasteiger partial charge in [-0.15, -0.1) is 0 Å². The van der Waals surface area contributed by atoms with Crippen molar-refractivity contribution in [3.05, 3.63) is 71.8 Å². The SMILES string of the molecule is CCCCC(=O)N(Cc1ccc2cc(-c3ccc(C(=O)O)cc3)ccc2c1)CC1(C(=O)O)CCCC1. The van der Waals surface area contributed by atoms with Crippen LogP contribution in [0.4, 0.5) is 0 Å². The first-order valence-corrected chi connectivity index (χ1v) is 12.7. The molecule has 1 aliphatic rings. The van der Waals surface area contributed by atoms with Gasteiger partial charge in [0.1, 0.15) is 0 Å². The van der Waals surface area contributed by atoms with Gasteiger partial charge in [-0.05, 0) is 71.0 Å². The minimum absolute atomic E-state index is 0.0182. The average molecular weight is 488 g/mol. The van der Waals surface area contributed by atoms with Gasteiger partial charge in [-0.25, -0.2) is 4.79 Å². The first-order chi connectivity index (χ1) is 17.3. The van der Waals surface area contributed by atoms with Crippen molar-refractivity contribution in [2.45, 2.75) is 58.4 Å². The Hall–Kier alpha value is -3.67. The highest BCUT2D eigenvalue weighted by molar-refractivity contribution is 5.90. The standard InChI is InChI=1S/C30H33NO5/c1-2-3-6-27(32)31(20-30(29(35)36)15-4-5-16-30)19-21-7-8-26-18-25(14-13-24(26)17-21)22-9-11-23(12-10-22)28(33)34/h7-14,17-18H,2-6,15-16,19-20H2,1H3,(H,33,34)(H,35,36). The van der Waals surface area contributed by atoms with E-state index >= 15 is 0 Å². The van der Waals surface area contributed by atoms with Crippen molar-refractivity contribution in [3.63, 3.8) is 0 Å². The number of carboxylic acids is 2. The molecule has 3 aromatic rings. The number of hydrogen-bond donors (Lipinski definition) is 2. The second kappa shape index (κ2) is 10.9. The van der Waals surface area contributed by atoms with E-state index in [0.29, 0.717) is 25.8 Å². The molecular weight excluding hydrogens is 454 g/mol. The number of amides is 1. The van der Waals surface area contributed by atoms with E-state index in [-0.39, 0.29) is 18.0 Å². The fourth-order valence-electron chi connectivity index (χ4n) is 5.17. The van der Waals surface area contributed by atoms with E-state index < -0.39 is 17.4 Å². The monoisotopic (exact) mass is 487 g/mol. The van der Waals surface area contributed by atoms with Crippen molar-refractivity contribution >= 4 is 28.6 Å². The van der Waals surface area contributed by atoms with Gasteiger partial charge in [0, 0.05) is 19.5 Å². The Labute approximate surface area is 211 Å². The predicted molar refractivity (Wildman–Crippen MR) is 140 cm³/mol. The van der Waals surface area contributed by atoms with Crippen LogP contribution in [0.25, 0.3) is 21.9 Å². The van der Waals surface area contributed by atoms with E-state index in [1.54, 1.807) is 29.2 Å². The lowest BCUT2D eigenvalue weighted by Gasteiger charge is -2.32. The molecule has 6 nitrogen and oxygen atoms in total. The molecule has 188 valence electrons. The van der Waals surface area contributed by atoms with Crippen LogP contribution in [-0.2, 0) is 16.1 Å². The third-order valence-corrected chi connectivity index (χ3v) is 7.35. The van der Waals surface area contributed by atoms with Crippen molar-refractivity contribution in [3.8, 4) is 11.1 Å². The van der Waals surface area contributed by atoms with E-state index in [1.807, 2.05) is 31.2 Å². The number of nitrogens with zero attached hydrogens (tertiary/aromatic N) is 1. The summed E-state index contributed by atoms with van der Waals surface area (Å²) in [5.41, 5.74) is 2.32. The zero-order valence-corrected chi connectivity index (χ0v) is 20.7. The Morgan fingerprint density at radius 3 is 2.14 bits per heavy atom. The van der Waals surface area contributed by atoms with E-state index in [1.165, 1.54) is 0 Å². The summed E-state index contributed by atoms with van der Waals surface area (Å²) in [6.07, 6.45) is 5.16. The molecule has 0 bridgehead atoms. The van der Waals surface area contributed by atoms with Crippen LogP contribution in [0.15, 0.2) is 60.7 Å². The van der Waals surface area contributed by atoms with Crippen molar-refractivity contribution in [1.29, 1.82) is 0 Å². The van der Waals surface area contributed by atoms with Gasteiger partial charge in [0.05, 0.1) is 11.0 Å². The molecular formula is C30H33NO5. The summed E-state index contributed by atoms with van der Waals surface area (Å²) >= 11 is 0. The number of unbranched alkanes of at least 4 members (excludes halogenated alkanes) is 1. The van der Waals surface area contributed by atoms with Gasteiger partial charge >= 0.3 is 11.9 Å². The smallest absolute Gasteiger partial charge is 0.335 e. The molecule has 36 heavy (non-hydrogen) atoms. The Morgan fingerprint density at radius 1 is 0.861 bits per heavy atom. The minimum atomic E-state index is -0.947. The average Bonchev–Trinajstić information content (AvgIpc) is 3.36. The number of fused-ring (bicyclic) bond motifs is 1. The lowest BCUT2D eigenvalue weighted by Crippen LogP contribution is -2.43. The lowest BCUT2D eigenvalue weighted by molar-refractivity contribution is -0.151. The van der Waals surface area contributed by atoms with Crippen LogP contribution in [0.3, 0.4) is 0 Å². The molecule has 2 N–H and O–H groups in total. The number of carbonyl (C=O) groups is 3. The van der Waals surface area contributed by atoms with Crippen LogP contribution in [0, 0.1) is 5.41 Å². The summed E-state index contributed by atoms with van der Waals surface area (Å²) < 4.78 is 0. The van der Waals surface area contributed by atoms with Crippen LogP contribution in [0.2, 0.25) is 0 Å². The Kier molecular flexibility index (Phi) is 7.73. The predicted octanol–water partition coefficient (Wildman–Crippen LogP) is 6.37. The molecule has 0 heterocycles. The van der Waals surface area contributed by atoms with Crippen LogP contribution in [-0.4, -0.2) is 39.5 Å². The van der Waals surface area contributed by atoms with Gasteiger partial charge in [-0.3, -0.25) is 9.59 Å². The van der Waals surface area contributed by atoms with Gasteiger partial charge in [-0.1, -0.05) is 62.6 Å². The molecule has 0 unspecified atom stereocenters. The molecule has 1 aliphatic carbocycles. The van der Waals surface area contributed by atoms with Gasteiger partial charge in [0.25, 0.3) is 0 Å². The number of rotatable bonds is 10. The van der Waals surface area contributed by atoms with Crippen LogP contribution >= 0.6 is 0 Å². The fourth-order valence-corrected chi connectivity index (χ4v) is 5.17. The summed E-state index contributed by atoms with van der Waals surface area (Å²) in [6, 6.07) is 19.0. The Bertz CT molecular complexity index is 1260. The number of aliphatic carboxylic acids is 1. The maximum atomic E-state index is 13.1. The van der Waals surface area contributed by atoms with Gasteiger partial charge in [0.15, 0.2) is 0 Å². The largest absolute Gasteiger partial charge is 0.481 e. The molecule has 0 aliphatic heterocycles. The zero-order valence-electron chi connectivity index (χ0n) is 20.7. The highest BCUT2D eigenvalue weighted by Crippen LogP contribution is 2.39. The molecule has 1 amide bonds. The molecule has 0 atom stereocenters. The second-order valence-corrected chi connectivity index (χ2v) is 9.92. The Balaban J connectivity index is 1.57. The van der Waals surface area contributed by atoms with Gasteiger partial charge in [0.2, 0.25) is 5.91 Å². The first kappa shape index (κ1) is 25.4. The second-order valence-electron chi connectivity index (χ2n) is 9.92. The number of carbonyl (C=O) groups excluding carboxylic acids is 1. The van der Waals surface area contributed by atoms with E-state index in [9.17, 15) is 19.5 Å². The minimum Gasteiger partial charge on any atom is -0.481 e. The number of aromatic carboxylic acids is 1. The fraction of sp³-hybridized carbons (Fsp3) is 0.367. The summed E-state index contributed by atoms with van der Waals surface area (Å²) in [5.74, 6) is -1.72. The third kappa shape index (κ3) is 5.59. The maximum absolute atomic E-state index is 13.1. The van der Waals surface area contributed by atoms with Gasteiger partial charge < -0.3 is 15.1 Å². The van der Waals surface area contributed by atoms with Crippen LogP contribution in [0.5, 0.6) is 0 Å². The molecule has 0 radical (unpaired) electrons. The normalized spacial score (nSPS) is 14.6. The van der Waals surface area contributed by atoms with E-state index in [0.717, 1.165) is 53.1 Å². The first-order valence-electron chi connectivity index (χ1n) is 12.7. The molecule has 0 saturated heterocycles. The molecule has 0 aromatic heterocycles. The highest BCUT2D eigenvalue weighted by atomic mass is 16.4. The summed E-state index contributed by atoms with van der Waals surface area (Å²) in [7, 11) is 0. The number of hydrogen-bond acceptors (Lipinski definition) is 3. The number of carboxylic acid groups (broad SMARTS) is 2. The maximum Gasteiger partial charge on any atom is 0.335 e. The van der Waals surface area contributed by atoms with Crippen molar-refractivity contribution in [2.24, 2.45) is 5.41 Å².